The average Bonchev–Trinajstić information content (AvgIpc) is 2.84. The van der Waals surface area contributed by atoms with Gasteiger partial charge in [0.05, 0.1) is 24.5 Å². The number of carbonyl (C=O) groups is 3. The van der Waals surface area contributed by atoms with Crippen LogP contribution < -0.4 is 4.90 Å². The van der Waals surface area contributed by atoms with Crippen molar-refractivity contribution in [3.63, 3.8) is 0 Å². The highest BCUT2D eigenvalue weighted by molar-refractivity contribution is 6.39. The molecule has 1 aliphatic rings. The fourth-order valence-electron chi connectivity index (χ4n) is 2.29. The first-order valence-electron chi connectivity index (χ1n) is 7.49. The van der Waals surface area contributed by atoms with Gasteiger partial charge in [0.15, 0.2) is 0 Å². The molecule has 0 spiro atoms. The molecule has 0 saturated carbocycles. The SMILES string of the molecule is CCOC(=O)OC(=C1C(=O)N(C(=O)OCC)c2ccccc21)C(F)(F)F. The van der Waals surface area contributed by atoms with Crippen LogP contribution in [-0.2, 0) is 19.0 Å². The number of imide groups is 1. The maximum atomic E-state index is 13.4. The van der Waals surface area contributed by atoms with Gasteiger partial charge in [0.2, 0.25) is 5.76 Å². The monoisotopic (exact) mass is 373 g/mol. The number of hydrogen-bond acceptors (Lipinski definition) is 6. The molecule has 7 nitrogen and oxygen atoms in total. The number of anilines is 1. The maximum Gasteiger partial charge on any atom is 0.513 e. The Kier molecular flexibility index (Phi) is 5.53. The van der Waals surface area contributed by atoms with Crippen LogP contribution >= 0.6 is 0 Å². The third kappa shape index (κ3) is 3.63. The number of ether oxygens (including phenoxy) is 3. The number of hydrogen-bond donors (Lipinski definition) is 0. The molecule has 0 aliphatic carbocycles. The molecule has 1 heterocycles. The van der Waals surface area contributed by atoms with Gasteiger partial charge in [-0.15, -0.1) is 0 Å². The van der Waals surface area contributed by atoms with Crippen molar-refractivity contribution in [2.75, 3.05) is 18.1 Å². The molecule has 0 unspecified atom stereocenters. The van der Waals surface area contributed by atoms with E-state index >= 15 is 0 Å². The summed E-state index contributed by atoms with van der Waals surface area (Å²) in [6.45, 7) is 2.54. The number of benzene rings is 1. The smallest absolute Gasteiger partial charge is 0.449 e. The normalized spacial score (nSPS) is 15.4. The van der Waals surface area contributed by atoms with E-state index in [4.69, 9.17) is 4.74 Å². The Balaban J connectivity index is 2.64. The van der Waals surface area contributed by atoms with E-state index in [9.17, 15) is 27.6 Å². The third-order valence-corrected chi connectivity index (χ3v) is 3.21. The van der Waals surface area contributed by atoms with Gasteiger partial charge >= 0.3 is 18.4 Å². The molecule has 0 N–H and O–H groups in total. The van der Waals surface area contributed by atoms with E-state index in [1.165, 1.54) is 38.1 Å². The minimum Gasteiger partial charge on any atom is -0.449 e. The van der Waals surface area contributed by atoms with E-state index in [1.807, 2.05) is 0 Å². The van der Waals surface area contributed by atoms with E-state index in [1.54, 1.807) is 0 Å². The van der Waals surface area contributed by atoms with Gasteiger partial charge in [-0.25, -0.2) is 14.5 Å². The third-order valence-electron chi connectivity index (χ3n) is 3.21. The van der Waals surface area contributed by atoms with Crippen molar-refractivity contribution in [3.05, 3.63) is 35.6 Å². The molecule has 10 heteroatoms. The van der Waals surface area contributed by atoms with Gasteiger partial charge in [0.25, 0.3) is 5.91 Å². The predicted octanol–water partition coefficient (Wildman–Crippen LogP) is 3.64. The minimum absolute atomic E-state index is 0.0880. The van der Waals surface area contributed by atoms with Gasteiger partial charge in [-0.1, -0.05) is 18.2 Å². The standard InChI is InChI=1S/C16H14F3NO6/c1-3-24-14(22)20-10-8-6-5-7-9(10)11(13(20)21)12(16(17,18)19)26-15(23)25-4-2/h5-8H,3-4H2,1-2H3. The van der Waals surface area contributed by atoms with Crippen LogP contribution in [0, 0.1) is 0 Å². The Bertz CT molecular complexity index is 771. The lowest BCUT2D eigenvalue weighted by molar-refractivity contribution is -0.127. The zero-order valence-corrected chi connectivity index (χ0v) is 13.8. The Morgan fingerprint density at radius 1 is 1.08 bits per heavy atom. The number of allylic oxidation sites excluding steroid dienone is 1. The molecule has 0 bridgehead atoms. The van der Waals surface area contributed by atoms with Crippen molar-refractivity contribution in [3.8, 4) is 0 Å². The van der Waals surface area contributed by atoms with Crippen LogP contribution in [0.15, 0.2) is 30.0 Å². The average molecular weight is 373 g/mol. The van der Waals surface area contributed by atoms with Gasteiger partial charge in [-0.3, -0.25) is 4.79 Å². The molecule has 1 aromatic carbocycles. The predicted molar refractivity (Wildman–Crippen MR) is 82.0 cm³/mol. The minimum atomic E-state index is -5.18. The molecular weight excluding hydrogens is 359 g/mol. The van der Waals surface area contributed by atoms with Crippen LogP contribution in [0.5, 0.6) is 0 Å². The summed E-state index contributed by atoms with van der Waals surface area (Å²) in [7, 11) is 0. The van der Waals surface area contributed by atoms with E-state index in [2.05, 4.69) is 9.47 Å². The summed E-state index contributed by atoms with van der Waals surface area (Å²) in [5.41, 5.74) is -1.31. The molecule has 1 aromatic rings. The lowest BCUT2D eigenvalue weighted by Gasteiger charge is -2.15. The number of fused-ring (bicyclic) bond motifs is 1. The van der Waals surface area contributed by atoms with Crippen LogP contribution in [0.1, 0.15) is 19.4 Å². The highest BCUT2D eigenvalue weighted by atomic mass is 19.4. The first-order valence-corrected chi connectivity index (χ1v) is 7.49. The second-order valence-electron chi connectivity index (χ2n) is 4.84. The number of alkyl halides is 3. The lowest BCUT2D eigenvalue weighted by Crippen LogP contribution is -2.35. The molecule has 1 aliphatic heterocycles. The van der Waals surface area contributed by atoms with Crippen LogP contribution in [-0.4, -0.2) is 37.5 Å². The van der Waals surface area contributed by atoms with Gasteiger partial charge in [0, 0.05) is 5.56 Å². The zero-order chi connectivity index (χ0) is 19.5. The second-order valence-corrected chi connectivity index (χ2v) is 4.84. The molecule has 0 radical (unpaired) electrons. The first kappa shape index (κ1) is 19.3. The molecule has 2 amide bonds. The Morgan fingerprint density at radius 2 is 1.69 bits per heavy atom. The molecule has 0 aromatic heterocycles. The second kappa shape index (κ2) is 7.46. The fourth-order valence-corrected chi connectivity index (χ4v) is 2.29. The molecule has 0 atom stereocenters. The molecule has 0 fully saturated rings. The molecule has 0 saturated heterocycles. The van der Waals surface area contributed by atoms with Crippen molar-refractivity contribution in [2.24, 2.45) is 0 Å². The van der Waals surface area contributed by atoms with Crippen molar-refractivity contribution in [1.29, 1.82) is 0 Å². The van der Waals surface area contributed by atoms with Crippen molar-refractivity contribution in [1.82, 2.24) is 0 Å². The van der Waals surface area contributed by atoms with E-state index < -0.39 is 35.7 Å². The maximum absolute atomic E-state index is 13.4. The summed E-state index contributed by atoms with van der Waals surface area (Å²) in [5, 5.41) is 0. The molecule has 140 valence electrons. The lowest BCUT2D eigenvalue weighted by atomic mass is 10.1. The van der Waals surface area contributed by atoms with Crippen LogP contribution in [0.2, 0.25) is 0 Å². The Hall–Kier alpha value is -3.04. The quantitative estimate of drug-likeness (QED) is 0.457. The summed E-state index contributed by atoms with van der Waals surface area (Å²) < 4.78 is 53.6. The zero-order valence-electron chi connectivity index (χ0n) is 13.8. The number of para-hydroxylation sites is 1. The summed E-state index contributed by atoms with van der Waals surface area (Å²) in [4.78, 5) is 36.4. The number of nitrogens with zero attached hydrogens (tertiary/aromatic N) is 1. The Labute approximate surface area is 145 Å². The molecular formula is C16H14F3NO6. The number of carbonyl (C=O) groups excluding carboxylic acids is 3. The van der Waals surface area contributed by atoms with Gasteiger partial charge in [-0.2, -0.15) is 13.2 Å². The van der Waals surface area contributed by atoms with Gasteiger partial charge in [0.1, 0.15) is 0 Å². The fraction of sp³-hybridized carbons (Fsp3) is 0.312. The Morgan fingerprint density at radius 3 is 2.27 bits per heavy atom. The number of rotatable bonds is 3. The van der Waals surface area contributed by atoms with Crippen LogP contribution in [0.3, 0.4) is 0 Å². The molecule has 2 rings (SSSR count). The largest absolute Gasteiger partial charge is 0.513 e. The van der Waals surface area contributed by atoms with Crippen molar-refractivity contribution >= 4 is 29.4 Å². The summed E-state index contributed by atoms with van der Waals surface area (Å²) in [6, 6.07) is 5.28. The van der Waals surface area contributed by atoms with Crippen molar-refractivity contribution < 1.29 is 41.8 Å². The molecule has 26 heavy (non-hydrogen) atoms. The van der Waals surface area contributed by atoms with E-state index in [0.717, 1.165) is 0 Å². The van der Waals surface area contributed by atoms with E-state index in [-0.39, 0.29) is 24.5 Å². The summed E-state index contributed by atoms with van der Waals surface area (Å²) in [5.74, 6) is -3.18. The number of halogens is 3. The topological polar surface area (TPSA) is 82.1 Å². The van der Waals surface area contributed by atoms with Crippen molar-refractivity contribution in [2.45, 2.75) is 20.0 Å². The first-order chi connectivity index (χ1) is 12.2. The highest BCUT2D eigenvalue weighted by Crippen LogP contribution is 2.43. The van der Waals surface area contributed by atoms with Gasteiger partial charge in [-0.05, 0) is 19.9 Å². The van der Waals surface area contributed by atoms with E-state index in [0.29, 0.717) is 4.90 Å². The van der Waals surface area contributed by atoms with Crippen LogP contribution in [0.25, 0.3) is 5.57 Å². The van der Waals surface area contributed by atoms with Crippen LogP contribution in [0.4, 0.5) is 28.4 Å². The highest BCUT2D eigenvalue weighted by Gasteiger charge is 2.48. The summed E-state index contributed by atoms with van der Waals surface area (Å²) in [6.07, 6.45) is -7.94. The van der Waals surface area contributed by atoms with Gasteiger partial charge < -0.3 is 14.2 Å². The number of amides is 2. The summed E-state index contributed by atoms with van der Waals surface area (Å²) >= 11 is 0.